The van der Waals surface area contributed by atoms with Gasteiger partial charge in [-0.2, -0.15) is 9.98 Å². The molecule has 13 nitrogen and oxygen atoms in total. The zero-order valence-electron chi connectivity index (χ0n) is 27.6. The van der Waals surface area contributed by atoms with E-state index < -0.39 is 0 Å². The Labute approximate surface area is 275 Å². The quantitative estimate of drug-likeness (QED) is 0.152. The SMILES string of the molecule is CN=C(/N=C\C(C)=C\c1c[nH]c2c(NC(=O)CN3CCC(Oc4ccnc(NC5CCCC5)n4)C3)cccc12)/N=C(N)\C=C(\C)NC. The molecule has 5 rings (SSSR count). The maximum atomic E-state index is 13.1. The Bertz CT molecular complexity index is 1700. The third kappa shape index (κ3) is 9.49. The summed E-state index contributed by atoms with van der Waals surface area (Å²) in [7, 11) is 3.43. The van der Waals surface area contributed by atoms with Crippen molar-refractivity contribution in [3.8, 4) is 5.88 Å². The number of amides is 1. The molecule has 1 atom stereocenters. The van der Waals surface area contributed by atoms with E-state index in [1.54, 1.807) is 31.6 Å². The molecule has 1 saturated heterocycles. The first-order valence-corrected chi connectivity index (χ1v) is 16.1. The van der Waals surface area contributed by atoms with Gasteiger partial charge in [0.15, 0.2) is 0 Å². The molecule has 1 aliphatic heterocycles. The number of benzene rings is 1. The molecule has 47 heavy (non-hydrogen) atoms. The van der Waals surface area contributed by atoms with Gasteiger partial charge in [-0.25, -0.2) is 9.98 Å². The molecule has 0 radical (unpaired) electrons. The van der Waals surface area contributed by atoms with Crippen molar-refractivity contribution in [3.05, 3.63) is 59.6 Å². The number of carbonyl (C=O) groups is 1. The molecule has 3 heterocycles. The number of amidine groups is 1. The summed E-state index contributed by atoms with van der Waals surface area (Å²) < 4.78 is 6.17. The highest BCUT2D eigenvalue weighted by Crippen LogP contribution is 2.27. The number of fused-ring (bicyclic) bond motifs is 1. The van der Waals surface area contributed by atoms with Crippen LogP contribution < -0.4 is 26.4 Å². The van der Waals surface area contributed by atoms with E-state index in [-0.39, 0.29) is 24.5 Å². The molecule has 1 amide bonds. The fourth-order valence-electron chi connectivity index (χ4n) is 5.75. The number of hydrogen-bond donors (Lipinski definition) is 5. The molecule has 6 N–H and O–H groups in total. The molecule has 0 spiro atoms. The van der Waals surface area contributed by atoms with Crippen molar-refractivity contribution < 1.29 is 9.53 Å². The van der Waals surface area contributed by atoms with E-state index in [1.165, 1.54) is 12.8 Å². The summed E-state index contributed by atoms with van der Waals surface area (Å²) in [5.74, 6) is 1.67. The van der Waals surface area contributed by atoms with Crippen LogP contribution in [-0.4, -0.2) is 89.6 Å². The lowest BCUT2D eigenvalue weighted by Crippen LogP contribution is -2.33. The van der Waals surface area contributed by atoms with Crippen LogP contribution in [0.25, 0.3) is 17.0 Å². The number of H-pyrrole nitrogens is 1. The van der Waals surface area contributed by atoms with Crippen LogP contribution in [0.4, 0.5) is 11.6 Å². The molecule has 0 bridgehead atoms. The summed E-state index contributed by atoms with van der Waals surface area (Å²) in [5.41, 5.74) is 10.3. The van der Waals surface area contributed by atoms with E-state index in [4.69, 9.17) is 10.5 Å². The average Bonchev–Trinajstić information content (AvgIpc) is 3.82. The minimum absolute atomic E-state index is 0.0341. The lowest BCUT2D eigenvalue weighted by atomic mass is 10.1. The van der Waals surface area contributed by atoms with Crippen molar-refractivity contribution in [2.45, 2.75) is 58.1 Å². The summed E-state index contributed by atoms with van der Waals surface area (Å²) in [6.45, 7) is 5.54. The Balaban J connectivity index is 1.15. The van der Waals surface area contributed by atoms with Gasteiger partial charge in [-0.05, 0) is 56.9 Å². The van der Waals surface area contributed by atoms with Crippen molar-refractivity contribution in [3.63, 3.8) is 0 Å². The van der Waals surface area contributed by atoms with Crippen molar-refractivity contribution in [2.24, 2.45) is 20.7 Å². The molecule has 3 aromatic rings. The molecule has 248 valence electrons. The number of nitrogens with zero attached hydrogens (tertiary/aromatic N) is 6. The van der Waals surface area contributed by atoms with Gasteiger partial charge < -0.3 is 31.4 Å². The number of nitrogens with one attached hydrogen (secondary N) is 4. The number of aromatic amines is 1. The Morgan fingerprint density at radius 3 is 2.83 bits per heavy atom. The second-order valence-corrected chi connectivity index (χ2v) is 11.9. The fraction of sp³-hybridized carbons (Fsp3) is 0.412. The number of aromatic nitrogens is 3. The van der Waals surface area contributed by atoms with Gasteiger partial charge in [-0.15, -0.1) is 0 Å². The number of ether oxygens (including phenoxy) is 1. The predicted octanol–water partition coefficient (Wildman–Crippen LogP) is 4.34. The summed E-state index contributed by atoms with van der Waals surface area (Å²) in [6, 6.07) is 8.08. The molecular weight excluding hydrogens is 594 g/mol. The lowest BCUT2D eigenvalue weighted by Gasteiger charge is -2.17. The molecule has 1 aliphatic carbocycles. The van der Waals surface area contributed by atoms with Gasteiger partial charge in [0.1, 0.15) is 11.9 Å². The van der Waals surface area contributed by atoms with Crippen molar-refractivity contribution in [2.75, 3.05) is 44.4 Å². The number of anilines is 2. The molecule has 2 fully saturated rings. The zero-order valence-corrected chi connectivity index (χ0v) is 27.6. The number of aliphatic imine (C=N–C) groups is 3. The molecule has 13 heteroatoms. The van der Waals surface area contributed by atoms with Crippen molar-refractivity contribution in [1.82, 2.24) is 25.2 Å². The lowest BCUT2D eigenvalue weighted by molar-refractivity contribution is -0.117. The monoisotopic (exact) mass is 639 g/mol. The van der Waals surface area contributed by atoms with Gasteiger partial charge in [0.2, 0.25) is 23.7 Å². The second kappa shape index (κ2) is 16.0. The third-order valence-electron chi connectivity index (χ3n) is 8.18. The molecule has 1 unspecified atom stereocenters. The van der Waals surface area contributed by atoms with Gasteiger partial charge in [0, 0.05) is 74.5 Å². The van der Waals surface area contributed by atoms with Gasteiger partial charge >= 0.3 is 0 Å². The van der Waals surface area contributed by atoms with Crippen LogP contribution in [0.1, 0.15) is 51.5 Å². The zero-order chi connectivity index (χ0) is 33.2. The van der Waals surface area contributed by atoms with E-state index in [0.29, 0.717) is 30.3 Å². The Morgan fingerprint density at radius 1 is 1.21 bits per heavy atom. The number of nitrogens with two attached hydrogens (primary N) is 1. The molecule has 2 aromatic heterocycles. The average molecular weight is 640 g/mol. The first-order chi connectivity index (χ1) is 22.8. The van der Waals surface area contributed by atoms with Gasteiger partial charge in [-0.1, -0.05) is 25.0 Å². The number of rotatable bonds is 11. The number of hydrogen-bond acceptors (Lipinski definition) is 8. The summed E-state index contributed by atoms with van der Waals surface area (Å²) in [4.78, 5) is 40.2. The number of likely N-dealkylation sites (tertiary alicyclic amines) is 1. The van der Waals surface area contributed by atoms with E-state index in [1.807, 2.05) is 51.4 Å². The molecule has 2 aliphatic rings. The maximum Gasteiger partial charge on any atom is 0.246 e. The van der Waals surface area contributed by atoms with E-state index >= 15 is 0 Å². The van der Waals surface area contributed by atoms with E-state index in [0.717, 1.165) is 59.2 Å². The minimum Gasteiger partial charge on any atom is -0.473 e. The highest BCUT2D eigenvalue weighted by Gasteiger charge is 2.26. The minimum atomic E-state index is -0.0794. The number of para-hydroxylation sites is 1. The largest absolute Gasteiger partial charge is 0.473 e. The van der Waals surface area contributed by atoms with E-state index in [2.05, 4.69) is 50.8 Å². The van der Waals surface area contributed by atoms with E-state index in [9.17, 15) is 4.79 Å². The summed E-state index contributed by atoms with van der Waals surface area (Å²) in [6.07, 6.45) is 14.6. The van der Waals surface area contributed by atoms with Crippen LogP contribution >= 0.6 is 0 Å². The first-order valence-electron chi connectivity index (χ1n) is 16.1. The van der Waals surface area contributed by atoms with Crippen LogP contribution in [-0.2, 0) is 4.79 Å². The molecule has 1 aromatic carbocycles. The molecular formula is C34H45N11O2. The Hall–Kier alpha value is -5.04. The highest BCUT2D eigenvalue weighted by atomic mass is 16.5. The normalized spacial score (nSPS) is 18.8. The van der Waals surface area contributed by atoms with Crippen LogP contribution in [0.5, 0.6) is 5.88 Å². The van der Waals surface area contributed by atoms with Gasteiger partial charge in [0.05, 0.1) is 17.7 Å². The van der Waals surface area contributed by atoms with Crippen molar-refractivity contribution >= 4 is 52.5 Å². The first kappa shape index (κ1) is 33.3. The van der Waals surface area contributed by atoms with Crippen LogP contribution in [0, 0.1) is 0 Å². The van der Waals surface area contributed by atoms with Crippen molar-refractivity contribution in [1.29, 1.82) is 0 Å². The predicted molar refractivity (Wildman–Crippen MR) is 190 cm³/mol. The third-order valence-corrected chi connectivity index (χ3v) is 8.18. The Morgan fingerprint density at radius 2 is 2.04 bits per heavy atom. The standard InChI is InChI=1S/C34H45N11O2/c1-22(18-40-33(37-4)43-29(35)17-23(2)36-3)16-24-19-39-32-27(24)10-7-11-28(32)42-30(46)21-45-15-13-26(20-45)47-31-12-14-38-34(44-31)41-25-8-5-6-9-25/h7,10-12,14,16-19,25-26,36,39H,5-6,8-9,13,15,20-21H2,1-4H3,(H,42,46)(H2,35,37,43)(H,38,41,44)/b22-16+,23-17-,40-18-. The Kier molecular flexibility index (Phi) is 11.3. The smallest absolute Gasteiger partial charge is 0.246 e. The number of carbonyl (C=O) groups excluding carboxylic acids is 1. The summed E-state index contributed by atoms with van der Waals surface area (Å²) in [5, 5.41) is 10.5. The second-order valence-electron chi connectivity index (χ2n) is 11.9. The van der Waals surface area contributed by atoms with Crippen LogP contribution in [0.3, 0.4) is 0 Å². The topological polar surface area (TPSA) is 170 Å². The highest BCUT2D eigenvalue weighted by molar-refractivity contribution is 6.06. The van der Waals surface area contributed by atoms with Gasteiger partial charge in [0.25, 0.3) is 0 Å². The van der Waals surface area contributed by atoms with Gasteiger partial charge in [-0.3, -0.25) is 14.7 Å². The van der Waals surface area contributed by atoms with Crippen LogP contribution in [0.15, 0.2) is 69.0 Å². The number of guanidine groups is 1. The van der Waals surface area contributed by atoms with Crippen LogP contribution in [0.2, 0.25) is 0 Å². The fourth-order valence-corrected chi connectivity index (χ4v) is 5.75. The number of allylic oxidation sites excluding steroid dienone is 2. The molecule has 1 saturated carbocycles. The maximum absolute atomic E-state index is 13.1. The summed E-state index contributed by atoms with van der Waals surface area (Å²) >= 11 is 0.